The topological polar surface area (TPSA) is 46.6 Å². The molecule has 3 aromatic rings. The summed E-state index contributed by atoms with van der Waals surface area (Å²) >= 11 is 6.99. The molecular weight excluding hydrogens is 437 g/mol. The van der Waals surface area contributed by atoms with Gasteiger partial charge in [0.15, 0.2) is 0 Å². The first kappa shape index (κ1) is 21.2. The van der Waals surface area contributed by atoms with Crippen molar-refractivity contribution in [3.05, 3.63) is 105 Å². The Morgan fingerprint density at radius 1 is 0.968 bits per heavy atom. The molecule has 2 amide bonds. The predicted octanol–water partition coefficient (Wildman–Crippen LogP) is 6.29. The standard InChI is InChI=1S/C24H17ClFNO3S/c25-20-10-3-1-8-18(20)15-30-19-9-5-6-16(12-19)13-22-23(28)27(24(29)31-22)14-17-7-2-4-11-21(17)26/h1-13H,14-15H2/b22-13-. The number of ether oxygens (including phenoxy) is 1. The Morgan fingerprint density at radius 3 is 2.48 bits per heavy atom. The average Bonchev–Trinajstić information content (AvgIpc) is 3.02. The van der Waals surface area contributed by atoms with E-state index < -0.39 is 17.0 Å². The van der Waals surface area contributed by atoms with Crippen molar-refractivity contribution in [2.45, 2.75) is 13.2 Å². The van der Waals surface area contributed by atoms with Crippen LogP contribution in [0.25, 0.3) is 6.08 Å². The van der Waals surface area contributed by atoms with Crippen LogP contribution in [-0.2, 0) is 17.9 Å². The van der Waals surface area contributed by atoms with Crippen molar-refractivity contribution in [1.29, 1.82) is 0 Å². The second-order valence-corrected chi connectivity index (χ2v) is 8.21. The van der Waals surface area contributed by atoms with Gasteiger partial charge in [-0.2, -0.15) is 0 Å². The normalized spacial score (nSPS) is 15.0. The van der Waals surface area contributed by atoms with Gasteiger partial charge in [-0.05, 0) is 47.7 Å². The summed E-state index contributed by atoms with van der Waals surface area (Å²) in [7, 11) is 0. The van der Waals surface area contributed by atoms with Crippen LogP contribution < -0.4 is 4.74 Å². The molecule has 3 aromatic carbocycles. The quantitative estimate of drug-likeness (QED) is 0.411. The predicted molar refractivity (Wildman–Crippen MR) is 120 cm³/mol. The van der Waals surface area contributed by atoms with Crippen molar-refractivity contribution < 1.29 is 18.7 Å². The summed E-state index contributed by atoms with van der Waals surface area (Å²) in [5.74, 6) is -0.284. The number of hydrogen-bond donors (Lipinski definition) is 0. The van der Waals surface area contributed by atoms with Crippen LogP contribution in [0.2, 0.25) is 5.02 Å². The van der Waals surface area contributed by atoms with Crippen molar-refractivity contribution >= 4 is 40.6 Å². The van der Waals surface area contributed by atoms with Crippen LogP contribution in [0.15, 0.2) is 77.7 Å². The third-order valence-electron chi connectivity index (χ3n) is 4.67. The first-order valence-corrected chi connectivity index (χ1v) is 10.7. The second-order valence-electron chi connectivity index (χ2n) is 6.81. The van der Waals surface area contributed by atoms with Crippen molar-refractivity contribution in [2.24, 2.45) is 0 Å². The van der Waals surface area contributed by atoms with E-state index in [0.29, 0.717) is 28.5 Å². The van der Waals surface area contributed by atoms with E-state index in [-0.39, 0.29) is 11.4 Å². The third kappa shape index (κ3) is 4.98. The smallest absolute Gasteiger partial charge is 0.293 e. The molecule has 0 spiro atoms. The molecule has 0 unspecified atom stereocenters. The number of amides is 2. The lowest BCUT2D eigenvalue weighted by molar-refractivity contribution is -0.123. The Kier molecular flexibility index (Phi) is 6.39. The molecule has 4 nitrogen and oxygen atoms in total. The summed E-state index contributed by atoms with van der Waals surface area (Å²) in [6, 6.07) is 20.7. The van der Waals surface area contributed by atoms with Gasteiger partial charge in [-0.15, -0.1) is 0 Å². The Balaban J connectivity index is 1.48. The summed E-state index contributed by atoms with van der Waals surface area (Å²) in [5.41, 5.74) is 1.87. The Morgan fingerprint density at radius 2 is 1.71 bits per heavy atom. The molecule has 1 aliphatic rings. The third-order valence-corrected chi connectivity index (χ3v) is 5.94. The fraction of sp³-hybridized carbons (Fsp3) is 0.0833. The molecule has 0 atom stereocenters. The van der Waals surface area contributed by atoms with Crippen molar-refractivity contribution in [2.75, 3.05) is 0 Å². The van der Waals surface area contributed by atoms with Gasteiger partial charge in [0.25, 0.3) is 11.1 Å². The highest BCUT2D eigenvalue weighted by molar-refractivity contribution is 8.18. The number of nitrogens with zero attached hydrogens (tertiary/aromatic N) is 1. The molecule has 0 saturated carbocycles. The molecule has 156 valence electrons. The van der Waals surface area contributed by atoms with Gasteiger partial charge in [-0.25, -0.2) is 4.39 Å². The van der Waals surface area contributed by atoms with Crippen LogP contribution in [0.1, 0.15) is 16.7 Å². The molecule has 4 rings (SSSR count). The minimum atomic E-state index is -0.450. The highest BCUT2D eigenvalue weighted by Crippen LogP contribution is 2.34. The van der Waals surface area contributed by atoms with Crippen LogP contribution >= 0.6 is 23.4 Å². The van der Waals surface area contributed by atoms with Gasteiger partial charge in [0, 0.05) is 16.1 Å². The lowest BCUT2D eigenvalue weighted by atomic mass is 10.2. The number of imide groups is 1. The molecule has 1 saturated heterocycles. The number of carbonyl (C=O) groups excluding carboxylic acids is 2. The maximum atomic E-state index is 13.9. The van der Waals surface area contributed by atoms with E-state index in [9.17, 15) is 14.0 Å². The van der Waals surface area contributed by atoms with E-state index in [2.05, 4.69) is 0 Å². The van der Waals surface area contributed by atoms with Crippen LogP contribution in [-0.4, -0.2) is 16.0 Å². The number of benzene rings is 3. The van der Waals surface area contributed by atoms with E-state index in [1.54, 1.807) is 48.5 Å². The minimum absolute atomic E-state index is 0.102. The van der Waals surface area contributed by atoms with Crippen LogP contribution in [0.5, 0.6) is 5.75 Å². The van der Waals surface area contributed by atoms with E-state index in [1.165, 1.54) is 6.07 Å². The van der Waals surface area contributed by atoms with Gasteiger partial charge < -0.3 is 4.74 Å². The molecular formula is C24H17ClFNO3S. The Labute approximate surface area is 188 Å². The molecule has 0 aromatic heterocycles. The SMILES string of the molecule is O=C1S/C(=C\c2cccc(OCc3ccccc3Cl)c2)C(=O)N1Cc1ccccc1F. The summed E-state index contributed by atoms with van der Waals surface area (Å²) in [4.78, 5) is 26.4. The minimum Gasteiger partial charge on any atom is -0.489 e. The molecule has 31 heavy (non-hydrogen) atoms. The lowest BCUT2D eigenvalue weighted by Gasteiger charge is -2.12. The fourth-order valence-electron chi connectivity index (χ4n) is 3.06. The van der Waals surface area contributed by atoms with Crippen molar-refractivity contribution in [3.8, 4) is 5.75 Å². The molecule has 0 aliphatic carbocycles. The van der Waals surface area contributed by atoms with Crippen LogP contribution in [0.4, 0.5) is 9.18 Å². The highest BCUT2D eigenvalue weighted by Gasteiger charge is 2.35. The van der Waals surface area contributed by atoms with Gasteiger partial charge in [0.1, 0.15) is 18.2 Å². The first-order valence-electron chi connectivity index (χ1n) is 9.46. The molecule has 7 heteroatoms. The van der Waals surface area contributed by atoms with Gasteiger partial charge in [-0.1, -0.05) is 60.1 Å². The summed E-state index contributed by atoms with van der Waals surface area (Å²) in [6.07, 6.45) is 1.63. The molecule has 0 N–H and O–H groups in total. The van der Waals surface area contributed by atoms with Gasteiger partial charge in [0.05, 0.1) is 11.4 Å². The van der Waals surface area contributed by atoms with Crippen molar-refractivity contribution in [1.82, 2.24) is 4.90 Å². The lowest BCUT2D eigenvalue weighted by Crippen LogP contribution is -2.27. The maximum Gasteiger partial charge on any atom is 0.293 e. The number of thioether (sulfide) groups is 1. The van der Waals surface area contributed by atoms with Crippen LogP contribution in [0.3, 0.4) is 0 Å². The maximum absolute atomic E-state index is 13.9. The fourth-order valence-corrected chi connectivity index (χ4v) is 4.08. The Bertz CT molecular complexity index is 1180. The molecule has 1 aliphatic heterocycles. The summed E-state index contributed by atoms with van der Waals surface area (Å²) in [6.45, 7) is 0.206. The van der Waals surface area contributed by atoms with E-state index >= 15 is 0 Å². The number of rotatable bonds is 6. The van der Waals surface area contributed by atoms with Crippen molar-refractivity contribution in [3.63, 3.8) is 0 Å². The molecule has 1 fully saturated rings. The monoisotopic (exact) mass is 453 g/mol. The summed E-state index contributed by atoms with van der Waals surface area (Å²) < 4.78 is 19.7. The largest absolute Gasteiger partial charge is 0.489 e. The van der Waals surface area contributed by atoms with E-state index in [4.69, 9.17) is 16.3 Å². The zero-order chi connectivity index (χ0) is 21.8. The average molecular weight is 454 g/mol. The van der Waals surface area contributed by atoms with E-state index in [0.717, 1.165) is 22.2 Å². The highest BCUT2D eigenvalue weighted by atomic mass is 35.5. The van der Waals surface area contributed by atoms with Gasteiger partial charge >= 0.3 is 0 Å². The zero-order valence-corrected chi connectivity index (χ0v) is 17.8. The zero-order valence-electron chi connectivity index (χ0n) is 16.3. The molecule has 0 bridgehead atoms. The van der Waals surface area contributed by atoms with Crippen LogP contribution in [0, 0.1) is 5.82 Å². The van der Waals surface area contributed by atoms with Gasteiger partial charge in [-0.3, -0.25) is 14.5 Å². The summed E-state index contributed by atoms with van der Waals surface area (Å²) in [5, 5.41) is 0.202. The van der Waals surface area contributed by atoms with E-state index in [1.807, 2.05) is 24.3 Å². The number of carbonyl (C=O) groups is 2. The Hall–Kier alpha value is -3.09. The molecule has 1 heterocycles. The second kappa shape index (κ2) is 9.37. The number of hydrogen-bond acceptors (Lipinski definition) is 4. The van der Waals surface area contributed by atoms with Gasteiger partial charge in [0.2, 0.25) is 0 Å². The first-order chi connectivity index (χ1) is 15.0. The molecule has 0 radical (unpaired) electrons. The number of halogens is 2.